The molecule has 0 aliphatic carbocycles. The third-order valence-corrected chi connectivity index (χ3v) is 2.85. The van der Waals surface area contributed by atoms with Gasteiger partial charge < -0.3 is 15.7 Å². The number of nitrogens with one attached hydrogen (secondary N) is 2. The molecule has 5 nitrogen and oxygen atoms in total. The minimum atomic E-state index is -0.610. The molecule has 0 radical (unpaired) electrons. The summed E-state index contributed by atoms with van der Waals surface area (Å²) < 4.78 is 0. The van der Waals surface area contributed by atoms with Crippen molar-refractivity contribution >= 4 is 5.84 Å². The average molecular weight is 262 g/mol. The third kappa shape index (κ3) is 4.01. The van der Waals surface area contributed by atoms with E-state index in [-0.39, 0.29) is 5.54 Å². The molecule has 0 bridgehead atoms. The Morgan fingerprint density at radius 2 is 2.21 bits per heavy atom. The zero-order chi connectivity index (χ0) is 13.9. The molecule has 1 aromatic heterocycles. The number of rotatable bonds is 4. The van der Waals surface area contributed by atoms with Gasteiger partial charge in [0.15, 0.2) is 0 Å². The van der Waals surface area contributed by atoms with Gasteiger partial charge in [-0.25, -0.2) is 4.98 Å². The first-order valence-electron chi connectivity index (χ1n) is 6.64. The van der Waals surface area contributed by atoms with Gasteiger partial charge in [-0.2, -0.15) is 0 Å². The smallest absolute Gasteiger partial charge is 0.147 e. The van der Waals surface area contributed by atoms with Crippen molar-refractivity contribution < 1.29 is 5.11 Å². The Morgan fingerprint density at radius 1 is 1.42 bits per heavy atom. The number of pyridine rings is 1. The van der Waals surface area contributed by atoms with Crippen LogP contribution in [0.1, 0.15) is 38.3 Å². The lowest BCUT2D eigenvalue weighted by atomic mass is 10.1. The molecule has 19 heavy (non-hydrogen) atoms. The molecule has 3 N–H and O–H groups in total. The second kappa shape index (κ2) is 5.67. The third-order valence-electron chi connectivity index (χ3n) is 2.85. The molecule has 0 unspecified atom stereocenters. The predicted octanol–water partition coefficient (Wildman–Crippen LogP) is 0.853. The highest BCUT2D eigenvalue weighted by molar-refractivity contribution is 5.98. The van der Waals surface area contributed by atoms with E-state index in [0.29, 0.717) is 12.2 Å². The molecule has 1 aromatic rings. The second-order valence-electron chi connectivity index (χ2n) is 5.75. The molecule has 2 heterocycles. The van der Waals surface area contributed by atoms with Gasteiger partial charge in [0.25, 0.3) is 0 Å². The van der Waals surface area contributed by atoms with Crippen molar-refractivity contribution in [3.05, 3.63) is 29.6 Å². The van der Waals surface area contributed by atoms with Crippen LogP contribution in [0.25, 0.3) is 0 Å². The number of aliphatic hydroxyl groups excluding tert-OH is 1. The summed E-state index contributed by atoms with van der Waals surface area (Å²) in [5.41, 5.74) is 1.45. The van der Waals surface area contributed by atoms with Crippen molar-refractivity contribution in [1.29, 1.82) is 0 Å². The zero-order valence-corrected chi connectivity index (χ0v) is 11.8. The van der Waals surface area contributed by atoms with Crippen LogP contribution in [0, 0.1) is 0 Å². The van der Waals surface area contributed by atoms with Crippen LogP contribution in [0.15, 0.2) is 23.2 Å². The minimum Gasteiger partial charge on any atom is -0.385 e. The number of nitrogens with zero attached hydrogens (tertiary/aromatic N) is 2. The highest BCUT2D eigenvalue weighted by Crippen LogP contribution is 2.12. The van der Waals surface area contributed by atoms with Gasteiger partial charge in [0.1, 0.15) is 17.6 Å². The molecule has 1 atom stereocenters. The van der Waals surface area contributed by atoms with Gasteiger partial charge in [-0.15, -0.1) is 0 Å². The summed E-state index contributed by atoms with van der Waals surface area (Å²) in [6.07, 6.45) is -0.610. The number of hydrogen-bond acceptors (Lipinski definition) is 5. The maximum atomic E-state index is 10.2. The highest BCUT2D eigenvalue weighted by Gasteiger charge is 2.16. The fraction of sp³-hybridized carbons (Fsp3) is 0.571. The number of hydrogen-bond donors (Lipinski definition) is 3. The topological polar surface area (TPSA) is 69.5 Å². The van der Waals surface area contributed by atoms with Crippen LogP contribution in [0.2, 0.25) is 0 Å². The van der Waals surface area contributed by atoms with E-state index in [2.05, 4.69) is 41.4 Å². The van der Waals surface area contributed by atoms with E-state index in [1.165, 1.54) is 0 Å². The lowest BCUT2D eigenvalue weighted by Gasteiger charge is -2.22. The van der Waals surface area contributed by atoms with E-state index in [1.807, 2.05) is 18.2 Å². The summed E-state index contributed by atoms with van der Waals surface area (Å²) in [5, 5.41) is 16.6. The molecule has 0 fully saturated rings. The Hall–Kier alpha value is -1.46. The molecule has 0 aromatic carbocycles. The molecule has 0 spiro atoms. The van der Waals surface area contributed by atoms with Gasteiger partial charge in [-0.1, -0.05) is 6.07 Å². The summed E-state index contributed by atoms with van der Waals surface area (Å²) in [4.78, 5) is 8.81. The number of β-amino-alcohol motifs (C(OH)–C–C–N with tert-alkyl or cyclic N) is 1. The van der Waals surface area contributed by atoms with Crippen LogP contribution in [0.3, 0.4) is 0 Å². The molecule has 0 amide bonds. The first-order chi connectivity index (χ1) is 8.96. The summed E-state index contributed by atoms with van der Waals surface area (Å²) in [6.45, 7) is 8.34. The first-order valence-corrected chi connectivity index (χ1v) is 6.64. The monoisotopic (exact) mass is 262 g/mol. The molecule has 0 saturated carbocycles. The van der Waals surface area contributed by atoms with Crippen molar-refractivity contribution in [2.24, 2.45) is 4.99 Å². The summed E-state index contributed by atoms with van der Waals surface area (Å²) >= 11 is 0. The molecule has 5 heteroatoms. The molecule has 104 valence electrons. The van der Waals surface area contributed by atoms with Crippen LogP contribution in [-0.4, -0.2) is 41.1 Å². The second-order valence-corrected chi connectivity index (χ2v) is 5.75. The molecule has 0 saturated heterocycles. The standard InChI is InChI=1S/C14H22N4O/c1-14(2,3)17-9-12(19)10-5-4-6-11(18-10)13-15-7-8-16-13/h4-6,12,17,19H,7-9H2,1-3H3,(H,15,16)/t12-/m0/s1. The zero-order valence-electron chi connectivity index (χ0n) is 11.8. The molecule has 1 aliphatic heterocycles. The van der Waals surface area contributed by atoms with Crippen LogP contribution in [0.4, 0.5) is 0 Å². The predicted molar refractivity (Wildman–Crippen MR) is 76.4 cm³/mol. The Balaban J connectivity index is 2.05. The molecular weight excluding hydrogens is 240 g/mol. The van der Waals surface area contributed by atoms with Gasteiger partial charge in [-0.3, -0.25) is 4.99 Å². The summed E-state index contributed by atoms with van der Waals surface area (Å²) in [5.74, 6) is 0.817. The van der Waals surface area contributed by atoms with Gasteiger partial charge in [-0.05, 0) is 32.9 Å². The number of amidine groups is 1. The fourth-order valence-electron chi connectivity index (χ4n) is 1.85. The van der Waals surface area contributed by atoms with E-state index in [1.54, 1.807) is 0 Å². The summed E-state index contributed by atoms with van der Waals surface area (Å²) in [6, 6.07) is 5.65. The van der Waals surface area contributed by atoms with Gasteiger partial charge >= 0.3 is 0 Å². The number of aromatic nitrogens is 1. The Bertz CT molecular complexity index is 465. The first kappa shape index (κ1) is 14.0. The fourth-order valence-corrected chi connectivity index (χ4v) is 1.85. The van der Waals surface area contributed by atoms with E-state index in [4.69, 9.17) is 0 Å². The minimum absolute atomic E-state index is 0.0182. The molecular formula is C14H22N4O. The lowest BCUT2D eigenvalue weighted by molar-refractivity contribution is 0.159. The Kier molecular flexibility index (Phi) is 4.17. The Labute approximate surface area is 114 Å². The number of aliphatic hydroxyl groups is 1. The van der Waals surface area contributed by atoms with E-state index in [9.17, 15) is 5.11 Å². The maximum Gasteiger partial charge on any atom is 0.147 e. The molecule has 2 rings (SSSR count). The maximum absolute atomic E-state index is 10.2. The van der Waals surface area contributed by atoms with Crippen LogP contribution < -0.4 is 10.6 Å². The van der Waals surface area contributed by atoms with Crippen LogP contribution >= 0.6 is 0 Å². The highest BCUT2D eigenvalue weighted by atomic mass is 16.3. The van der Waals surface area contributed by atoms with E-state index in [0.717, 1.165) is 24.6 Å². The van der Waals surface area contributed by atoms with Crippen LogP contribution in [-0.2, 0) is 0 Å². The van der Waals surface area contributed by atoms with Crippen molar-refractivity contribution in [2.75, 3.05) is 19.6 Å². The van der Waals surface area contributed by atoms with Crippen molar-refractivity contribution in [3.63, 3.8) is 0 Å². The van der Waals surface area contributed by atoms with Gasteiger partial charge in [0.05, 0.1) is 12.2 Å². The van der Waals surface area contributed by atoms with E-state index >= 15 is 0 Å². The number of aliphatic imine (C=N–C) groups is 1. The lowest BCUT2D eigenvalue weighted by Crippen LogP contribution is -2.38. The normalized spacial score (nSPS) is 16.9. The van der Waals surface area contributed by atoms with Crippen molar-refractivity contribution in [3.8, 4) is 0 Å². The van der Waals surface area contributed by atoms with Gasteiger partial charge in [0, 0.05) is 18.6 Å². The van der Waals surface area contributed by atoms with Gasteiger partial charge in [0.2, 0.25) is 0 Å². The SMILES string of the molecule is CC(C)(C)NC[C@H](O)c1cccc(C2=NCCN2)n1. The van der Waals surface area contributed by atoms with Crippen molar-refractivity contribution in [1.82, 2.24) is 15.6 Å². The van der Waals surface area contributed by atoms with Crippen LogP contribution in [0.5, 0.6) is 0 Å². The van der Waals surface area contributed by atoms with Crippen molar-refractivity contribution in [2.45, 2.75) is 32.4 Å². The summed E-state index contributed by atoms with van der Waals surface area (Å²) in [7, 11) is 0. The molecule has 1 aliphatic rings. The van der Waals surface area contributed by atoms with E-state index < -0.39 is 6.10 Å². The quantitative estimate of drug-likeness (QED) is 0.752. The largest absolute Gasteiger partial charge is 0.385 e. The average Bonchev–Trinajstić information content (AvgIpc) is 2.89. The Morgan fingerprint density at radius 3 is 2.84 bits per heavy atom.